The second-order valence-electron chi connectivity index (χ2n) is 3.45. The van der Waals surface area contributed by atoms with Gasteiger partial charge in [0.15, 0.2) is 21.3 Å². The van der Waals surface area contributed by atoms with Crippen LogP contribution < -0.4 is 0 Å². The Morgan fingerprint density at radius 1 is 1.38 bits per heavy atom. The highest BCUT2D eigenvalue weighted by Crippen LogP contribution is 2.22. The minimum absolute atomic E-state index is 0.285. The van der Waals surface area contributed by atoms with Crippen LogP contribution in [0.4, 0.5) is 0 Å². The summed E-state index contributed by atoms with van der Waals surface area (Å²) >= 11 is 5.92. The SMILES string of the molecule is CC(c1nnc2cncc(Cl)n12)S(C)(=O)=O. The summed E-state index contributed by atoms with van der Waals surface area (Å²) in [4.78, 5) is 3.84. The third-order valence-corrected chi connectivity index (χ3v) is 4.07. The highest BCUT2D eigenvalue weighted by Gasteiger charge is 2.23. The van der Waals surface area contributed by atoms with E-state index < -0.39 is 15.1 Å². The van der Waals surface area contributed by atoms with Crippen molar-refractivity contribution in [3.05, 3.63) is 23.4 Å². The van der Waals surface area contributed by atoms with Crippen LogP contribution in [0.25, 0.3) is 5.65 Å². The maximum Gasteiger partial charge on any atom is 0.180 e. The van der Waals surface area contributed by atoms with Crippen LogP contribution in [0, 0.1) is 0 Å². The molecule has 86 valence electrons. The molecular weight excluding hydrogens is 252 g/mol. The van der Waals surface area contributed by atoms with Gasteiger partial charge < -0.3 is 0 Å². The molecule has 0 N–H and O–H groups in total. The number of rotatable bonds is 2. The van der Waals surface area contributed by atoms with E-state index in [0.717, 1.165) is 6.26 Å². The highest BCUT2D eigenvalue weighted by molar-refractivity contribution is 7.90. The Kier molecular flexibility index (Phi) is 2.59. The first-order valence-electron chi connectivity index (χ1n) is 4.44. The molecule has 8 heteroatoms. The normalized spacial score (nSPS) is 14.2. The zero-order valence-corrected chi connectivity index (χ0v) is 10.2. The average molecular weight is 261 g/mol. The first-order valence-corrected chi connectivity index (χ1v) is 6.78. The van der Waals surface area contributed by atoms with Crippen molar-refractivity contribution in [2.75, 3.05) is 6.26 Å². The molecule has 0 aromatic carbocycles. The molecule has 2 rings (SSSR count). The second kappa shape index (κ2) is 3.67. The summed E-state index contributed by atoms with van der Waals surface area (Å²) in [5.74, 6) is 0.296. The van der Waals surface area contributed by atoms with Crippen LogP contribution in [-0.2, 0) is 9.84 Å². The number of hydrogen-bond donors (Lipinski definition) is 0. The van der Waals surface area contributed by atoms with Crippen LogP contribution in [0.15, 0.2) is 12.4 Å². The van der Waals surface area contributed by atoms with Crippen LogP contribution in [0.5, 0.6) is 0 Å². The maximum atomic E-state index is 11.4. The summed E-state index contributed by atoms with van der Waals surface area (Å²) in [6, 6.07) is 0. The minimum Gasteiger partial charge on any atom is -0.265 e. The van der Waals surface area contributed by atoms with Crippen LogP contribution in [0.2, 0.25) is 5.15 Å². The molecular formula is C8H9ClN4O2S. The van der Waals surface area contributed by atoms with E-state index in [1.54, 1.807) is 6.92 Å². The van der Waals surface area contributed by atoms with Gasteiger partial charge in [-0.05, 0) is 6.92 Å². The van der Waals surface area contributed by atoms with E-state index in [4.69, 9.17) is 11.6 Å². The smallest absolute Gasteiger partial charge is 0.180 e. The summed E-state index contributed by atoms with van der Waals surface area (Å²) in [6.07, 6.45) is 4.03. The number of aromatic nitrogens is 4. The molecule has 1 unspecified atom stereocenters. The Bertz CT molecular complexity index is 637. The zero-order chi connectivity index (χ0) is 11.9. The average Bonchev–Trinajstić information content (AvgIpc) is 2.60. The standard InChI is InChI=1S/C8H9ClN4O2S/c1-5(16(2,14)15)8-12-11-7-4-10-3-6(9)13(7)8/h3-5H,1-2H3. The summed E-state index contributed by atoms with van der Waals surface area (Å²) in [5, 5.41) is 7.17. The Morgan fingerprint density at radius 2 is 2.06 bits per heavy atom. The second-order valence-corrected chi connectivity index (χ2v) is 6.21. The number of hydrogen-bond acceptors (Lipinski definition) is 5. The fourth-order valence-electron chi connectivity index (χ4n) is 1.29. The van der Waals surface area contributed by atoms with Crippen molar-refractivity contribution in [2.24, 2.45) is 0 Å². The molecule has 0 aliphatic rings. The third kappa shape index (κ3) is 1.76. The Hall–Kier alpha value is -1.21. The molecule has 0 saturated heterocycles. The quantitative estimate of drug-likeness (QED) is 0.801. The predicted molar refractivity (Wildman–Crippen MR) is 59.1 cm³/mol. The van der Waals surface area contributed by atoms with E-state index in [2.05, 4.69) is 15.2 Å². The van der Waals surface area contributed by atoms with Crippen molar-refractivity contribution in [3.8, 4) is 0 Å². The molecule has 2 aromatic rings. The van der Waals surface area contributed by atoms with E-state index in [1.165, 1.54) is 16.8 Å². The van der Waals surface area contributed by atoms with Gasteiger partial charge >= 0.3 is 0 Å². The molecule has 2 aromatic heterocycles. The summed E-state index contributed by atoms with van der Waals surface area (Å²) in [6.45, 7) is 1.54. The molecule has 0 radical (unpaired) electrons. The molecule has 0 amide bonds. The molecule has 2 heterocycles. The summed E-state index contributed by atoms with van der Waals surface area (Å²) in [5.41, 5.74) is 0.429. The Labute approximate surface area is 97.2 Å². The van der Waals surface area contributed by atoms with Gasteiger partial charge in [0.2, 0.25) is 0 Å². The van der Waals surface area contributed by atoms with Gasteiger partial charge in [0.1, 0.15) is 10.4 Å². The molecule has 0 spiro atoms. The van der Waals surface area contributed by atoms with Crippen molar-refractivity contribution in [2.45, 2.75) is 12.2 Å². The van der Waals surface area contributed by atoms with Crippen LogP contribution >= 0.6 is 11.6 Å². The first kappa shape index (κ1) is 11.3. The van der Waals surface area contributed by atoms with Crippen LogP contribution in [0.1, 0.15) is 18.0 Å². The van der Waals surface area contributed by atoms with Gasteiger partial charge in [-0.1, -0.05) is 11.6 Å². The number of fused-ring (bicyclic) bond motifs is 1. The largest absolute Gasteiger partial charge is 0.265 e. The summed E-state index contributed by atoms with van der Waals surface area (Å²) in [7, 11) is -3.24. The molecule has 1 atom stereocenters. The van der Waals surface area contributed by atoms with Gasteiger partial charge in [-0.25, -0.2) is 8.42 Å². The topological polar surface area (TPSA) is 77.2 Å². The maximum absolute atomic E-state index is 11.4. The third-order valence-electron chi connectivity index (χ3n) is 2.30. The molecule has 0 aliphatic carbocycles. The lowest BCUT2D eigenvalue weighted by atomic mass is 10.4. The molecule has 0 saturated carbocycles. The highest BCUT2D eigenvalue weighted by atomic mass is 35.5. The van der Waals surface area contributed by atoms with Gasteiger partial charge in [-0.2, -0.15) is 0 Å². The monoisotopic (exact) mass is 260 g/mol. The van der Waals surface area contributed by atoms with Gasteiger partial charge in [-0.15, -0.1) is 10.2 Å². The zero-order valence-electron chi connectivity index (χ0n) is 8.62. The van der Waals surface area contributed by atoms with Gasteiger partial charge in [-0.3, -0.25) is 9.38 Å². The fourth-order valence-corrected chi connectivity index (χ4v) is 2.05. The van der Waals surface area contributed by atoms with E-state index in [1.807, 2.05) is 0 Å². The van der Waals surface area contributed by atoms with Crippen LogP contribution in [-0.4, -0.2) is 34.3 Å². The fraction of sp³-hybridized carbons (Fsp3) is 0.375. The van der Waals surface area contributed by atoms with Gasteiger partial charge in [0.25, 0.3) is 0 Å². The minimum atomic E-state index is -3.24. The lowest BCUT2D eigenvalue weighted by Gasteiger charge is -2.07. The van der Waals surface area contributed by atoms with Crippen molar-refractivity contribution >= 4 is 27.1 Å². The van der Waals surface area contributed by atoms with Crippen molar-refractivity contribution < 1.29 is 8.42 Å². The summed E-state index contributed by atoms with van der Waals surface area (Å²) < 4.78 is 24.4. The lowest BCUT2D eigenvalue weighted by Crippen LogP contribution is -2.11. The molecule has 0 bridgehead atoms. The number of nitrogens with zero attached hydrogens (tertiary/aromatic N) is 4. The van der Waals surface area contributed by atoms with E-state index in [0.29, 0.717) is 11.5 Å². The Balaban J connectivity index is 2.71. The van der Waals surface area contributed by atoms with Crippen molar-refractivity contribution in [1.82, 2.24) is 19.6 Å². The Morgan fingerprint density at radius 3 is 2.69 bits per heavy atom. The first-order chi connectivity index (χ1) is 7.41. The predicted octanol–water partition coefficient (Wildman–Crippen LogP) is 0.883. The van der Waals surface area contributed by atoms with Gasteiger partial charge in [0, 0.05) is 6.26 Å². The molecule has 6 nitrogen and oxygen atoms in total. The van der Waals surface area contributed by atoms with Gasteiger partial charge in [0.05, 0.1) is 12.4 Å². The molecule has 16 heavy (non-hydrogen) atoms. The van der Waals surface area contributed by atoms with E-state index in [9.17, 15) is 8.42 Å². The van der Waals surface area contributed by atoms with Crippen molar-refractivity contribution in [3.63, 3.8) is 0 Å². The number of sulfone groups is 1. The van der Waals surface area contributed by atoms with Crippen molar-refractivity contribution in [1.29, 1.82) is 0 Å². The molecule has 0 aliphatic heterocycles. The number of halogens is 1. The lowest BCUT2D eigenvalue weighted by molar-refractivity contribution is 0.588. The van der Waals surface area contributed by atoms with Crippen LogP contribution in [0.3, 0.4) is 0 Å². The van der Waals surface area contributed by atoms with E-state index in [-0.39, 0.29) is 5.15 Å². The molecule has 0 fully saturated rings. The van der Waals surface area contributed by atoms with E-state index >= 15 is 0 Å².